The fraction of sp³-hybridized carbons (Fsp3) is 0.556. The summed E-state index contributed by atoms with van der Waals surface area (Å²) in [5.74, 6) is 1.46. The fourth-order valence-corrected chi connectivity index (χ4v) is 4.30. The maximum Gasteiger partial charge on any atom is 0.308 e. The first-order valence-electron chi connectivity index (χ1n) is 8.30. The second-order valence-electron chi connectivity index (χ2n) is 6.59. The number of aliphatic carboxylic acids is 1. The minimum absolute atomic E-state index is 0.0531. The summed E-state index contributed by atoms with van der Waals surface area (Å²) in [6, 6.07) is 7.49. The number of carboxylic acid groups (broad SMARTS) is 1. The SMILES string of the molecule is COc1cccc(C2CN(C(=O)CSCC3CC3)CC2C(=O)O)c1. The normalized spacial score (nSPS) is 23.3. The fourth-order valence-electron chi connectivity index (χ4n) is 3.16. The number of hydrogen-bond donors (Lipinski definition) is 1. The molecule has 0 spiro atoms. The predicted octanol–water partition coefficient (Wildman–Crippen LogP) is 2.46. The van der Waals surface area contributed by atoms with E-state index in [9.17, 15) is 14.7 Å². The molecular weight excluding hydrogens is 326 g/mol. The lowest BCUT2D eigenvalue weighted by Crippen LogP contribution is -2.31. The van der Waals surface area contributed by atoms with Crippen LogP contribution in [0, 0.1) is 11.8 Å². The lowest BCUT2D eigenvalue weighted by molar-refractivity contribution is -0.141. The number of hydrogen-bond acceptors (Lipinski definition) is 4. The Kier molecular flexibility index (Phi) is 5.33. The van der Waals surface area contributed by atoms with Gasteiger partial charge in [0.15, 0.2) is 0 Å². The molecule has 2 aliphatic rings. The molecule has 5 nitrogen and oxygen atoms in total. The van der Waals surface area contributed by atoms with Gasteiger partial charge in [0, 0.05) is 19.0 Å². The van der Waals surface area contributed by atoms with Crippen molar-refractivity contribution in [2.24, 2.45) is 11.8 Å². The molecule has 24 heavy (non-hydrogen) atoms. The maximum atomic E-state index is 12.4. The number of methoxy groups -OCH3 is 1. The molecule has 1 heterocycles. The van der Waals surface area contributed by atoms with Gasteiger partial charge in [-0.25, -0.2) is 0 Å². The quantitative estimate of drug-likeness (QED) is 0.819. The van der Waals surface area contributed by atoms with Crippen LogP contribution in [0.3, 0.4) is 0 Å². The highest BCUT2D eigenvalue weighted by molar-refractivity contribution is 7.99. The molecule has 1 aliphatic carbocycles. The van der Waals surface area contributed by atoms with E-state index in [1.807, 2.05) is 24.3 Å². The van der Waals surface area contributed by atoms with Crippen molar-refractivity contribution in [2.75, 3.05) is 31.7 Å². The highest BCUT2D eigenvalue weighted by Gasteiger charge is 2.40. The number of carbonyl (C=O) groups excluding carboxylic acids is 1. The third-order valence-electron chi connectivity index (χ3n) is 4.79. The molecule has 1 aromatic rings. The summed E-state index contributed by atoms with van der Waals surface area (Å²) in [6.07, 6.45) is 2.56. The van der Waals surface area contributed by atoms with Crippen LogP contribution < -0.4 is 4.74 Å². The number of nitrogens with zero attached hydrogens (tertiary/aromatic N) is 1. The Hall–Kier alpha value is -1.69. The van der Waals surface area contributed by atoms with Crippen LogP contribution in [0.15, 0.2) is 24.3 Å². The van der Waals surface area contributed by atoms with E-state index in [4.69, 9.17) is 4.74 Å². The van der Waals surface area contributed by atoms with Crippen LogP contribution in [0.5, 0.6) is 5.75 Å². The lowest BCUT2D eigenvalue weighted by atomic mass is 9.89. The number of amides is 1. The lowest BCUT2D eigenvalue weighted by Gasteiger charge is -2.17. The summed E-state index contributed by atoms with van der Waals surface area (Å²) in [5.41, 5.74) is 0.919. The van der Waals surface area contributed by atoms with Crippen LogP contribution in [-0.2, 0) is 9.59 Å². The monoisotopic (exact) mass is 349 g/mol. The van der Waals surface area contributed by atoms with Gasteiger partial charge in [0.2, 0.25) is 5.91 Å². The molecule has 3 rings (SSSR count). The first kappa shape index (κ1) is 17.1. The largest absolute Gasteiger partial charge is 0.497 e. The Morgan fingerprint density at radius 1 is 1.33 bits per heavy atom. The maximum absolute atomic E-state index is 12.4. The summed E-state index contributed by atoms with van der Waals surface area (Å²) in [7, 11) is 1.59. The molecule has 1 saturated heterocycles. The van der Waals surface area contributed by atoms with Crippen molar-refractivity contribution in [3.05, 3.63) is 29.8 Å². The van der Waals surface area contributed by atoms with Gasteiger partial charge in [-0.3, -0.25) is 9.59 Å². The van der Waals surface area contributed by atoms with Crippen LogP contribution in [0.4, 0.5) is 0 Å². The Balaban J connectivity index is 1.66. The molecule has 6 heteroatoms. The van der Waals surface area contributed by atoms with Crippen LogP contribution in [0.2, 0.25) is 0 Å². The Labute approximate surface area is 146 Å². The summed E-state index contributed by atoms with van der Waals surface area (Å²) in [5, 5.41) is 9.55. The van der Waals surface area contributed by atoms with E-state index in [0.29, 0.717) is 24.6 Å². The van der Waals surface area contributed by atoms with Crippen molar-refractivity contribution >= 4 is 23.6 Å². The third kappa shape index (κ3) is 4.04. The number of carboxylic acids is 1. The van der Waals surface area contributed by atoms with Crippen molar-refractivity contribution in [1.82, 2.24) is 4.90 Å². The zero-order valence-electron chi connectivity index (χ0n) is 13.8. The van der Waals surface area contributed by atoms with Gasteiger partial charge in [0.05, 0.1) is 18.8 Å². The Morgan fingerprint density at radius 3 is 2.79 bits per heavy atom. The zero-order valence-corrected chi connectivity index (χ0v) is 14.6. The van der Waals surface area contributed by atoms with E-state index in [1.54, 1.807) is 23.8 Å². The molecule has 2 unspecified atom stereocenters. The van der Waals surface area contributed by atoms with Gasteiger partial charge in [-0.1, -0.05) is 12.1 Å². The van der Waals surface area contributed by atoms with Gasteiger partial charge < -0.3 is 14.7 Å². The van der Waals surface area contributed by atoms with Crippen LogP contribution >= 0.6 is 11.8 Å². The highest BCUT2D eigenvalue weighted by Crippen LogP contribution is 2.35. The van der Waals surface area contributed by atoms with Gasteiger partial charge in [0.25, 0.3) is 0 Å². The zero-order chi connectivity index (χ0) is 17.1. The van der Waals surface area contributed by atoms with Crippen molar-refractivity contribution < 1.29 is 19.4 Å². The molecule has 0 radical (unpaired) electrons. The molecule has 130 valence electrons. The predicted molar refractivity (Wildman–Crippen MR) is 93.5 cm³/mol. The van der Waals surface area contributed by atoms with Crippen LogP contribution in [-0.4, -0.2) is 53.6 Å². The topological polar surface area (TPSA) is 66.8 Å². The number of ether oxygens (including phenoxy) is 1. The molecule has 2 atom stereocenters. The van der Waals surface area contributed by atoms with Crippen LogP contribution in [0.25, 0.3) is 0 Å². The molecule has 2 fully saturated rings. The number of likely N-dealkylation sites (tertiary alicyclic amines) is 1. The van der Waals surface area contributed by atoms with Gasteiger partial charge in [-0.2, -0.15) is 11.8 Å². The van der Waals surface area contributed by atoms with Crippen molar-refractivity contribution in [1.29, 1.82) is 0 Å². The molecule has 1 aromatic carbocycles. The number of thioether (sulfide) groups is 1. The number of benzene rings is 1. The molecule has 1 saturated carbocycles. The van der Waals surface area contributed by atoms with Crippen molar-refractivity contribution in [3.8, 4) is 5.75 Å². The average Bonchev–Trinajstić information content (AvgIpc) is 3.29. The van der Waals surface area contributed by atoms with E-state index in [2.05, 4.69) is 0 Å². The second-order valence-corrected chi connectivity index (χ2v) is 7.62. The van der Waals surface area contributed by atoms with Gasteiger partial charge >= 0.3 is 5.97 Å². The molecule has 1 amide bonds. The highest BCUT2D eigenvalue weighted by atomic mass is 32.2. The summed E-state index contributed by atoms with van der Waals surface area (Å²) >= 11 is 1.67. The van der Waals surface area contributed by atoms with Crippen LogP contribution in [0.1, 0.15) is 24.3 Å². The molecule has 1 aliphatic heterocycles. The minimum atomic E-state index is -0.844. The van der Waals surface area contributed by atoms with Gasteiger partial charge in [-0.15, -0.1) is 0 Å². The van der Waals surface area contributed by atoms with Gasteiger partial charge in [0.1, 0.15) is 5.75 Å². The van der Waals surface area contributed by atoms with E-state index in [0.717, 1.165) is 17.2 Å². The third-order valence-corrected chi connectivity index (χ3v) is 5.95. The Bertz CT molecular complexity index is 617. The summed E-state index contributed by atoms with van der Waals surface area (Å²) in [6.45, 7) is 0.757. The minimum Gasteiger partial charge on any atom is -0.497 e. The Morgan fingerprint density at radius 2 is 2.12 bits per heavy atom. The first-order chi connectivity index (χ1) is 11.6. The van der Waals surface area contributed by atoms with Crippen molar-refractivity contribution in [3.63, 3.8) is 0 Å². The van der Waals surface area contributed by atoms with Crippen molar-refractivity contribution in [2.45, 2.75) is 18.8 Å². The summed E-state index contributed by atoms with van der Waals surface area (Å²) < 4.78 is 5.23. The number of carbonyl (C=O) groups is 2. The van der Waals surface area contributed by atoms with E-state index < -0.39 is 11.9 Å². The molecule has 1 N–H and O–H groups in total. The second kappa shape index (κ2) is 7.47. The standard InChI is InChI=1S/C18H23NO4S/c1-23-14-4-2-3-13(7-14)15-8-19(9-16(15)18(21)22)17(20)11-24-10-12-5-6-12/h2-4,7,12,15-16H,5-6,8-11H2,1H3,(H,21,22). The van der Waals surface area contributed by atoms with E-state index in [1.165, 1.54) is 12.8 Å². The number of rotatable bonds is 7. The van der Waals surface area contributed by atoms with E-state index >= 15 is 0 Å². The van der Waals surface area contributed by atoms with E-state index in [-0.39, 0.29) is 11.8 Å². The van der Waals surface area contributed by atoms with Gasteiger partial charge in [-0.05, 0) is 42.2 Å². The average molecular weight is 349 g/mol. The molecule has 0 bridgehead atoms. The smallest absolute Gasteiger partial charge is 0.308 e. The first-order valence-corrected chi connectivity index (χ1v) is 9.46. The molecular formula is C18H23NO4S. The molecule has 0 aromatic heterocycles. The summed E-state index contributed by atoms with van der Waals surface area (Å²) in [4.78, 5) is 25.8.